The summed E-state index contributed by atoms with van der Waals surface area (Å²) in [5.74, 6) is -1.00. The van der Waals surface area contributed by atoms with Crippen molar-refractivity contribution in [2.75, 3.05) is 0 Å². The van der Waals surface area contributed by atoms with Crippen LogP contribution in [0, 0.1) is 0 Å². The number of aromatic amines is 1. The molecule has 0 spiro atoms. The molecule has 2 N–H and O–H groups in total. The van der Waals surface area contributed by atoms with Crippen LogP contribution in [0.15, 0.2) is 16.7 Å². The maximum atomic E-state index is 12.0. The number of nitrogens with zero attached hydrogens (tertiary/aromatic N) is 1. The Hall–Kier alpha value is -1.63. The summed E-state index contributed by atoms with van der Waals surface area (Å²) in [6.07, 6.45) is 1.64. The van der Waals surface area contributed by atoms with Gasteiger partial charge >= 0.3 is 0 Å². The van der Waals surface area contributed by atoms with Crippen LogP contribution in [0.2, 0.25) is 0 Å². The zero-order valence-electron chi connectivity index (χ0n) is 10.6. The SMILES string of the molecule is CC(C)N1C(=O)C[C@@H](NC(=O)c2cc(Br)c[nH]2)C1=O. The third-order valence-electron chi connectivity index (χ3n) is 2.90. The number of carbonyl (C=O) groups is 3. The van der Waals surface area contributed by atoms with Crippen molar-refractivity contribution in [2.24, 2.45) is 0 Å². The molecular weight excluding hydrogens is 314 g/mol. The first-order valence-electron chi connectivity index (χ1n) is 5.91. The van der Waals surface area contributed by atoms with Crippen LogP contribution in [0.4, 0.5) is 0 Å². The number of likely N-dealkylation sites (tertiary alicyclic amines) is 1. The molecule has 102 valence electrons. The molecule has 1 atom stereocenters. The molecule has 1 aliphatic heterocycles. The molecule has 0 aromatic carbocycles. The molecule has 19 heavy (non-hydrogen) atoms. The second kappa shape index (κ2) is 5.16. The summed E-state index contributed by atoms with van der Waals surface area (Å²) < 4.78 is 0.746. The van der Waals surface area contributed by atoms with E-state index in [1.54, 1.807) is 26.1 Å². The van der Waals surface area contributed by atoms with Crippen LogP contribution < -0.4 is 5.32 Å². The number of hydrogen-bond acceptors (Lipinski definition) is 3. The maximum absolute atomic E-state index is 12.0. The largest absolute Gasteiger partial charge is 0.356 e. The lowest BCUT2D eigenvalue weighted by Gasteiger charge is -2.19. The highest BCUT2D eigenvalue weighted by molar-refractivity contribution is 9.10. The van der Waals surface area contributed by atoms with E-state index >= 15 is 0 Å². The normalized spacial score (nSPS) is 19.4. The quantitative estimate of drug-likeness (QED) is 0.814. The molecule has 0 aliphatic carbocycles. The molecular formula is C12H14BrN3O3. The Labute approximate surface area is 118 Å². The van der Waals surface area contributed by atoms with E-state index in [-0.39, 0.29) is 24.3 Å². The topological polar surface area (TPSA) is 82.3 Å². The molecule has 1 aromatic heterocycles. The van der Waals surface area contributed by atoms with Crippen molar-refractivity contribution in [1.29, 1.82) is 0 Å². The Balaban J connectivity index is 2.07. The number of H-pyrrole nitrogens is 1. The van der Waals surface area contributed by atoms with E-state index in [4.69, 9.17) is 0 Å². The van der Waals surface area contributed by atoms with E-state index in [1.807, 2.05) is 0 Å². The van der Waals surface area contributed by atoms with Gasteiger partial charge in [-0.1, -0.05) is 0 Å². The van der Waals surface area contributed by atoms with E-state index in [2.05, 4.69) is 26.2 Å². The minimum absolute atomic E-state index is 0.0185. The first-order valence-corrected chi connectivity index (χ1v) is 6.70. The predicted molar refractivity (Wildman–Crippen MR) is 71.4 cm³/mol. The molecule has 0 saturated carbocycles. The first kappa shape index (κ1) is 13.8. The molecule has 1 saturated heterocycles. The average Bonchev–Trinajstić information content (AvgIpc) is 2.84. The van der Waals surface area contributed by atoms with Gasteiger partial charge in [-0.25, -0.2) is 0 Å². The number of imide groups is 1. The van der Waals surface area contributed by atoms with Crippen LogP contribution in [0.5, 0.6) is 0 Å². The zero-order chi connectivity index (χ0) is 14.2. The lowest BCUT2D eigenvalue weighted by Crippen LogP contribution is -2.43. The summed E-state index contributed by atoms with van der Waals surface area (Å²) >= 11 is 3.22. The van der Waals surface area contributed by atoms with Gasteiger partial charge in [-0.05, 0) is 35.8 Å². The lowest BCUT2D eigenvalue weighted by atomic mass is 10.2. The first-order chi connectivity index (χ1) is 8.90. The predicted octanol–water partition coefficient (Wildman–Crippen LogP) is 1.04. The molecule has 6 nitrogen and oxygen atoms in total. The van der Waals surface area contributed by atoms with Gasteiger partial charge in [0.2, 0.25) is 5.91 Å². The molecule has 0 unspecified atom stereocenters. The van der Waals surface area contributed by atoms with Gasteiger partial charge in [0.05, 0.1) is 6.42 Å². The number of rotatable bonds is 3. The summed E-state index contributed by atoms with van der Waals surface area (Å²) in [6.45, 7) is 3.53. The summed E-state index contributed by atoms with van der Waals surface area (Å²) in [6, 6.07) is 0.641. The minimum atomic E-state index is -0.774. The second-order valence-corrected chi connectivity index (χ2v) is 5.57. The Kier molecular flexibility index (Phi) is 3.75. The fourth-order valence-corrected chi connectivity index (χ4v) is 2.38. The number of carbonyl (C=O) groups excluding carboxylic acids is 3. The van der Waals surface area contributed by atoms with Crippen molar-refractivity contribution in [3.63, 3.8) is 0 Å². The molecule has 1 aliphatic rings. The smallest absolute Gasteiger partial charge is 0.268 e. The van der Waals surface area contributed by atoms with Crippen molar-refractivity contribution in [3.8, 4) is 0 Å². The monoisotopic (exact) mass is 327 g/mol. The summed E-state index contributed by atoms with van der Waals surface area (Å²) in [5.41, 5.74) is 0.343. The number of nitrogens with one attached hydrogen (secondary N) is 2. The molecule has 7 heteroatoms. The third-order valence-corrected chi connectivity index (χ3v) is 3.35. The molecule has 2 rings (SSSR count). The maximum Gasteiger partial charge on any atom is 0.268 e. The fourth-order valence-electron chi connectivity index (χ4n) is 2.04. The van der Waals surface area contributed by atoms with E-state index in [1.165, 1.54) is 4.90 Å². The van der Waals surface area contributed by atoms with E-state index in [0.717, 1.165) is 4.47 Å². The second-order valence-electron chi connectivity index (χ2n) is 4.66. The molecule has 1 aromatic rings. The van der Waals surface area contributed by atoms with Gasteiger partial charge in [0.15, 0.2) is 0 Å². The van der Waals surface area contributed by atoms with E-state index < -0.39 is 11.9 Å². The lowest BCUT2D eigenvalue weighted by molar-refractivity contribution is -0.140. The van der Waals surface area contributed by atoms with Gasteiger partial charge in [-0.2, -0.15) is 0 Å². The van der Waals surface area contributed by atoms with Crippen LogP contribution in [-0.4, -0.2) is 39.7 Å². The van der Waals surface area contributed by atoms with Crippen molar-refractivity contribution in [1.82, 2.24) is 15.2 Å². The minimum Gasteiger partial charge on any atom is -0.356 e. The van der Waals surface area contributed by atoms with Gasteiger partial charge in [0.25, 0.3) is 11.8 Å². The summed E-state index contributed by atoms with van der Waals surface area (Å²) in [4.78, 5) is 39.6. The third kappa shape index (κ3) is 2.70. The number of halogens is 1. The average molecular weight is 328 g/mol. The Morgan fingerprint density at radius 1 is 1.53 bits per heavy atom. The number of hydrogen-bond donors (Lipinski definition) is 2. The molecule has 2 heterocycles. The summed E-state index contributed by atoms with van der Waals surface area (Å²) in [7, 11) is 0. The van der Waals surface area contributed by atoms with Gasteiger partial charge in [0.1, 0.15) is 11.7 Å². The van der Waals surface area contributed by atoms with Crippen LogP contribution in [0.3, 0.4) is 0 Å². The molecule has 3 amide bonds. The van der Waals surface area contributed by atoms with Gasteiger partial charge < -0.3 is 10.3 Å². The fraction of sp³-hybridized carbons (Fsp3) is 0.417. The highest BCUT2D eigenvalue weighted by atomic mass is 79.9. The zero-order valence-corrected chi connectivity index (χ0v) is 12.2. The number of aromatic nitrogens is 1. The van der Waals surface area contributed by atoms with Gasteiger partial charge in [-0.15, -0.1) is 0 Å². The van der Waals surface area contributed by atoms with Gasteiger partial charge in [0, 0.05) is 16.7 Å². The van der Waals surface area contributed by atoms with Crippen LogP contribution in [-0.2, 0) is 9.59 Å². The van der Waals surface area contributed by atoms with Crippen molar-refractivity contribution in [3.05, 3.63) is 22.4 Å². The Morgan fingerprint density at radius 2 is 2.21 bits per heavy atom. The Morgan fingerprint density at radius 3 is 2.68 bits per heavy atom. The van der Waals surface area contributed by atoms with Crippen LogP contribution >= 0.6 is 15.9 Å². The van der Waals surface area contributed by atoms with Crippen LogP contribution in [0.1, 0.15) is 30.8 Å². The highest BCUT2D eigenvalue weighted by Crippen LogP contribution is 2.17. The number of amides is 3. The Bertz CT molecular complexity index is 538. The van der Waals surface area contributed by atoms with Crippen LogP contribution in [0.25, 0.3) is 0 Å². The molecule has 1 fully saturated rings. The standard InChI is InChI=1S/C12H14BrN3O3/c1-6(2)16-10(17)4-9(12(16)19)15-11(18)8-3-7(13)5-14-8/h3,5-6,9,14H,4H2,1-2H3,(H,15,18)/t9-/m1/s1. The van der Waals surface area contributed by atoms with Crippen molar-refractivity contribution >= 4 is 33.7 Å². The van der Waals surface area contributed by atoms with Crippen molar-refractivity contribution < 1.29 is 14.4 Å². The van der Waals surface area contributed by atoms with E-state index in [9.17, 15) is 14.4 Å². The molecule has 0 radical (unpaired) electrons. The highest BCUT2D eigenvalue weighted by Gasteiger charge is 2.40. The van der Waals surface area contributed by atoms with Gasteiger partial charge in [-0.3, -0.25) is 19.3 Å². The molecule has 0 bridgehead atoms. The van der Waals surface area contributed by atoms with E-state index in [0.29, 0.717) is 5.69 Å². The summed E-state index contributed by atoms with van der Waals surface area (Å²) in [5, 5.41) is 2.57. The van der Waals surface area contributed by atoms with Crippen molar-refractivity contribution in [2.45, 2.75) is 32.4 Å².